The van der Waals surface area contributed by atoms with Crippen LogP contribution in [0.5, 0.6) is 0 Å². The van der Waals surface area contributed by atoms with E-state index in [4.69, 9.17) is 10.2 Å². The number of para-hydroxylation sites is 3. The molecule has 0 bridgehead atoms. The Morgan fingerprint density at radius 1 is 0.676 bits per heavy atom. The van der Waals surface area contributed by atoms with Crippen LogP contribution in [0.2, 0.25) is 0 Å². The van der Waals surface area contributed by atoms with Crippen molar-refractivity contribution in [3.63, 3.8) is 0 Å². The van der Waals surface area contributed by atoms with Crippen molar-refractivity contribution in [2.75, 3.05) is 4.90 Å². The zero-order valence-corrected chi connectivity index (χ0v) is 21.4. The molecule has 0 saturated heterocycles. The molecule has 0 atom stereocenters. The molecule has 3 aromatic carbocycles. The molecule has 5 aromatic rings. The van der Waals surface area contributed by atoms with Crippen molar-refractivity contribution in [1.29, 1.82) is 0 Å². The molecule has 2 heterocycles. The fraction of sp³-hybridized carbons (Fsp3) is 0.143. The molecule has 0 unspecified atom stereocenters. The minimum atomic E-state index is 0. The van der Waals surface area contributed by atoms with Crippen LogP contribution < -0.4 is 4.90 Å². The smallest absolute Gasteiger partial charge is 0.276 e. The van der Waals surface area contributed by atoms with Crippen molar-refractivity contribution in [2.24, 2.45) is 0 Å². The van der Waals surface area contributed by atoms with Crippen molar-refractivity contribution in [3.8, 4) is 11.4 Å². The van der Waals surface area contributed by atoms with Gasteiger partial charge in [0.05, 0.1) is 0 Å². The predicted molar refractivity (Wildman–Crippen MR) is 132 cm³/mol. The molecule has 0 amide bonds. The monoisotopic (exact) mass is 626 g/mol. The van der Waals surface area contributed by atoms with Crippen molar-refractivity contribution >= 4 is 17.3 Å². The number of anilines is 3. The molecule has 0 aliphatic carbocycles. The third kappa shape index (κ3) is 4.62. The molecule has 0 radical (unpaired) electrons. The number of hydrogen-bond donors (Lipinski definition) is 0. The maximum absolute atomic E-state index is 5.00. The summed E-state index contributed by atoms with van der Waals surface area (Å²) < 4.78 is 3.93. The van der Waals surface area contributed by atoms with Crippen LogP contribution in [-0.2, 0) is 33.9 Å². The molecule has 172 valence electrons. The Morgan fingerprint density at radius 2 is 1.15 bits per heavy atom. The summed E-state index contributed by atoms with van der Waals surface area (Å²) in [6.45, 7) is 4.28. The van der Waals surface area contributed by atoms with Gasteiger partial charge in [0.25, 0.3) is 0 Å². The zero-order chi connectivity index (χ0) is 22.6. The van der Waals surface area contributed by atoms with Gasteiger partial charge in [0.2, 0.25) is 0 Å². The number of benzene rings is 3. The molecule has 0 saturated carbocycles. The van der Waals surface area contributed by atoms with Gasteiger partial charge in [-0.2, -0.15) is 58.7 Å². The third-order valence-electron chi connectivity index (χ3n) is 5.58. The summed E-state index contributed by atoms with van der Waals surface area (Å²) in [5.74, 6) is 1.64. The minimum Gasteiger partial charge on any atom is -0.276 e. The first-order valence-electron chi connectivity index (χ1n) is 11.3. The Labute approximate surface area is 214 Å². The van der Waals surface area contributed by atoms with Crippen molar-refractivity contribution in [2.45, 2.75) is 26.7 Å². The second-order valence-corrected chi connectivity index (χ2v) is 7.69. The summed E-state index contributed by atoms with van der Waals surface area (Å²) in [5.41, 5.74) is 5.07. The van der Waals surface area contributed by atoms with E-state index in [0.29, 0.717) is 0 Å². The molecule has 0 aliphatic heterocycles. The summed E-state index contributed by atoms with van der Waals surface area (Å²) in [4.78, 5) is 2.11. The molecule has 5 rings (SSSR count). The van der Waals surface area contributed by atoms with E-state index in [1.807, 2.05) is 76.1 Å². The Bertz CT molecular complexity index is 1240. The van der Waals surface area contributed by atoms with Crippen molar-refractivity contribution in [3.05, 3.63) is 115 Å². The molecule has 6 heteroatoms. The second-order valence-electron chi connectivity index (χ2n) is 7.69. The van der Waals surface area contributed by atoms with E-state index in [0.717, 1.165) is 52.9 Å². The van der Waals surface area contributed by atoms with Gasteiger partial charge >= 0.3 is 21.1 Å². The van der Waals surface area contributed by atoms with Crippen LogP contribution in [0, 0.1) is 12.1 Å². The number of rotatable bonds is 7. The van der Waals surface area contributed by atoms with E-state index >= 15 is 0 Å². The van der Waals surface area contributed by atoms with Crippen LogP contribution in [0.15, 0.2) is 91.0 Å². The van der Waals surface area contributed by atoms with Gasteiger partial charge < -0.3 is 0 Å². The molecule has 2 aromatic heterocycles. The first kappa shape index (κ1) is 23.7. The van der Waals surface area contributed by atoms with E-state index in [1.54, 1.807) is 0 Å². The topological polar surface area (TPSA) is 38.9 Å². The first-order valence-corrected chi connectivity index (χ1v) is 11.3. The van der Waals surface area contributed by atoms with Gasteiger partial charge in [-0.3, -0.25) is 14.3 Å². The minimum absolute atomic E-state index is 0. The van der Waals surface area contributed by atoms with Crippen molar-refractivity contribution < 1.29 is 21.1 Å². The quantitative estimate of drug-likeness (QED) is 0.201. The van der Waals surface area contributed by atoms with Gasteiger partial charge in [-0.1, -0.05) is 32.0 Å². The van der Waals surface area contributed by atoms with Crippen molar-refractivity contribution in [1.82, 2.24) is 19.6 Å². The van der Waals surface area contributed by atoms with E-state index in [2.05, 4.69) is 55.1 Å². The molecular weight excluding hydrogens is 601 g/mol. The summed E-state index contributed by atoms with van der Waals surface area (Å²) >= 11 is 0. The van der Waals surface area contributed by atoms with Gasteiger partial charge in [0.15, 0.2) is 11.6 Å². The molecule has 0 spiro atoms. The molecule has 0 aliphatic rings. The molecule has 34 heavy (non-hydrogen) atoms. The average Bonchev–Trinajstić information content (AvgIpc) is 3.51. The van der Waals surface area contributed by atoms with Crippen LogP contribution in [-0.4, -0.2) is 19.6 Å². The number of aromatic nitrogens is 4. The summed E-state index contributed by atoms with van der Waals surface area (Å²) in [7, 11) is 0. The van der Waals surface area contributed by atoms with Gasteiger partial charge in [-0.15, -0.1) is 12.1 Å². The van der Waals surface area contributed by atoms with Crippen LogP contribution in [0.1, 0.15) is 25.2 Å². The largest absolute Gasteiger partial charge is 2.00 e. The van der Waals surface area contributed by atoms with Crippen LogP contribution in [0.3, 0.4) is 0 Å². The zero-order valence-electron chi connectivity index (χ0n) is 19.1. The van der Waals surface area contributed by atoms with Crippen LogP contribution >= 0.6 is 0 Å². The Kier molecular flexibility index (Phi) is 7.44. The fourth-order valence-electron chi connectivity index (χ4n) is 3.94. The molecule has 5 nitrogen and oxygen atoms in total. The van der Waals surface area contributed by atoms with Gasteiger partial charge in [-0.25, -0.2) is 0 Å². The SMILES string of the molecule is CCc1cc(N(c2ccccc2)c2cc(CC)n(-c3[c-]cccc3)n2)nn1-c1[c-]cccc1.[Pt+2]. The normalized spacial score (nSPS) is 10.6. The summed E-state index contributed by atoms with van der Waals surface area (Å²) in [5, 5.41) is 9.99. The Balaban J connectivity index is 0.00000274. The van der Waals surface area contributed by atoms with E-state index in [9.17, 15) is 0 Å². The maximum atomic E-state index is 5.00. The standard InChI is InChI=1S/C28H25N5.Pt/c1-3-22-20-27(29-32(22)25-16-10-6-11-17-25)31(24-14-8-5-9-15-24)28-21-23(4-2)33(30-28)26-18-12-7-13-19-26;/h5-16,18,20-21H,3-4H2,1-2H3;/q-2;+2. The summed E-state index contributed by atoms with van der Waals surface area (Å²) in [6.07, 6.45) is 1.71. The Morgan fingerprint density at radius 3 is 1.56 bits per heavy atom. The van der Waals surface area contributed by atoms with Gasteiger partial charge in [0.1, 0.15) is 0 Å². The third-order valence-corrected chi connectivity index (χ3v) is 5.58. The first-order chi connectivity index (χ1) is 16.3. The van der Waals surface area contributed by atoms with Crippen LogP contribution in [0.4, 0.5) is 17.3 Å². The molecule has 0 N–H and O–H groups in total. The van der Waals surface area contributed by atoms with Gasteiger partial charge in [-0.05, 0) is 36.3 Å². The van der Waals surface area contributed by atoms with E-state index in [-0.39, 0.29) is 21.1 Å². The predicted octanol–water partition coefficient (Wildman–Crippen LogP) is 6.25. The second kappa shape index (κ2) is 10.7. The maximum Gasteiger partial charge on any atom is 2.00 e. The van der Waals surface area contributed by atoms with E-state index < -0.39 is 0 Å². The fourth-order valence-corrected chi connectivity index (χ4v) is 3.94. The average molecular weight is 627 g/mol. The number of aryl methyl sites for hydroxylation is 2. The number of nitrogens with zero attached hydrogens (tertiary/aromatic N) is 5. The Hall–Kier alpha value is -3.43. The van der Waals surface area contributed by atoms with Crippen LogP contribution in [0.25, 0.3) is 11.4 Å². The van der Waals surface area contributed by atoms with E-state index in [1.165, 1.54) is 0 Å². The van der Waals surface area contributed by atoms with Gasteiger partial charge in [0, 0.05) is 29.2 Å². The molecular formula is C28H25N5Pt. The summed E-state index contributed by atoms with van der Waals surface area (Å²) in [6, 6.07) is 36.9. The number of hydrogen-bond acceptors (Lipinski definition) is 3. The molecule has 0 fully saturated rings.